The van der Waals surface area contributed by atoms with Gasteiger partial charge in [0, 0.05) is 26.3 Å². The number of hydrogen-bond donors (Lipinski definition) is 1. The van der Waals surface area contributed by atoms with Crippen LogP contribution in [0.1, 0.15) is 25.3 Å². The maximum absolute atomic E-state index is 5.50. The second kappa shape index (κ2) is 5.89. The van der Waals surface area contributed by atoms with Crippen LogP contribution >= 0.6 is 0 Å². The van der Waals surface area contributed by atoms with Gasteiger partial charge in [0.25, 0.3) is 0 Å². The van der Waals surface area contributed by atoms with Gasteiger partial charge in [0.05, 0.1) is 6.10 Å². The van der Waals surface area contributed by atoms with E-state index in [0.29, 0.717) is 5.92 Å². The average Bonchev–Trinajstić information content (AvgIpc) is 3.28. The Labute approximate surface area is 114 Å². The molecule has 0 spiro atoms. The summed E-state index contributed by atoms with van der Waals surface area (Å²) in [4.78, 5) is 1.99. The van der Waals surface area contributed by atoms with Gasteiger partial charge in [-0.05, 0) is 18.1 Å². The highest BCUT2D eigenvalue weighted by Crippen LogP contribution is 2.27. The molecule has 0 amide bonds. The lowest BCUT2D eigenvalue weighted by molar-refractivity contribution is 0.141. The molecule has 1 heterocycles. The summed E-state index contributed by atoms with van der Waals surface area (Å²) >= 11 is 0. The van der Waals surface area contributed by atoms with Crippen LogP contribution in [-0.2, 0) is 4.74 Å². The molecule has 102 valence electrons. The summed E-state index contributed by atoms with van der Waals surface area (Å²) in [5.74, 6) is 1.19. The third kappa shape index (κ3) is 3.35. The van der Waals surface area contributed by atoms with Crippen LogP contribution in [-0.4, -0.2) is 31.1 Å². The molecular formula is C15H21N3O. The molecule has 0 saturated heterocycles. The summed E-state index contributed by atoms with van der Waals surface area (Å²) in [5.41, 5.74) is 5.38. The van der Waals surface area contributed by atoms with Gasteiger partial charge >= 0.3 is 0 Å². The van der Waals surface area contributed by atoms with Crippen molar-refractivity contribution in [2.75, 3.05) is 14.2 Å². The quantitative estimate of drug-likeness (QED) is 0.883. The molecule has 0 aromatic heterocycles. The lowest BCUT2D eigenvalue weighted by atomic mass is 9.90. The Balaban J connectivity index is 2.24. The van der Waals surface area contributed by atoms with Crippen molar-refractivity contribution in [1.29, 1.82) is 0 Å². The topological polar surface area (TPSA) is 46.8 Å². The molecular weight excluding hydrogens is 238 g/mol. The third-order valence-corrected chi connectivity index (χ3v) is 3.51. The fraction of sp³-hybridized carbons (Fsp3) is 0.400. The molecule has 4 heteroatoms. The Hall–Kier alpha value is -1.81. The summed E-state index contributed by atoms with van der Waals surface area (Å²) in [6.45, 7) is 4.27. The number of benzene rings is 1. The van der Waals surface area contributed by atoms with Gasteiger partial charge in [-0.1, -0.05) is 37.3 Å². The molecule has 1 aliphatic heterocycles. The van der Waals surface area contributed by atoms with Gasteiger partial charge in [0.1, 0.15) is 0 Å². The molecule has 1 aliphatic rings. The summed E-state index contributed by atoms with van der Waals surface area (Å²) in [6, 6.07) is 10.5. The van der Waals surface area contributed by atoms with Crippen molar-refractivity contribution < 1.29 is 4.74 Å². The lowest BCUT2D eigenvalue weighted by Crippen LogP contribution is -2.22. The van der Waals surface area contributed by atoms with E-state index in [1.165, 1.54) is 11.1 Å². The minimum absolute atomic E-state index is 0.0667. The summed E-state index contributed by atoms with van der Waals surface area (Å²) in [6.07, 6.45) is 2.17. The first-order valence-corrected chi connectivity index (χ1v) is 6.49. The van der Waals surface area contributed by atoms with Crippen molar-refractivity contribution >= 4 is 5.96 Å². The van der Waals surface area contributed by atoms with Gasteiger partial charge in [-0.3, -0.25) is 0 Å². The van der Waals surface area contributed by atoms with Crippen LogP contribution < -0.4 is 5.43 Å². The van der Waals surface area contributed by atoms with Crippen LogP contribution in [0.4, 0.5) is 0 Å². The molecule has 0 fully saturated rings. The molecule has 4 nitrogen and oxygen atoms in total. The number of nitrogens with zero attached hydrogens (tertiary/aromatic N) is 2. The highest BCUT2D eigenvalue weighted by molar-refractivity contribution is 5.89. The van der Waals surface area contributed by atoms with Crippen molar-refractivity contribution in [3.05, 3.63) is 47.7 Å². The number of rotatable bonds is 5. The number of hydrogen-bond acceptors (Lipinski definition) is 4. The maximum atomic E-state index is 5.50. The van der Waals surface area contributed by atoms with E-state index in [9.17, 15) is 0 Å². The molecule has 1 aromatic carbocycles. The zero-order valence-corrected chi connectivity index (χ0v) is 11.9. The molecule has 2 rings (SSSR count). The van der Waals surface area contributed by atoms with Crippen molar-refractivity contribution in [3.8, 4) is 0 Å². The molecule has 2 atom stereocenters. The second-order valence-corrected chi connectivity index (χ2v) is 4.80. The van der Waals surface area contributed by atoms with Crippen molar-refractivity contribution in [2.24, 2.45) is 5.10 Å². The van der Waals surface area contributed by atoms with Crippen LogP contribution in [0, 0.1) is 0 Å². The predicted octanol–water partition coefficient (Wildman–Crippen LogP) is 2.51. The Morgan fingerprint density at radius 3 is 2.47 bits per heavy atom. The van der Waals surface area contributed by atoms with Gasteiger partial charge in [-0.15, -0.1) is 5.10 Å². The van der Waals surface area contributed by atoms with E-state index in [4.69, 9.17) is 4.74 Å². The number of methoxy groups -OCH3 is 1. The molecule has 0 radical (unpaired) electrons. The van der Waals surface area contributed by atoms with Gasteiger partial charge in [-0.2, -0.15) is 0 Å². The van der Waals surface area contributed by atoms with E-state index in [2.05, 4.69) is 54.8 Å². The van der Waals surface area contributed by atoms with Crippen LogP contribution in [0.15, 0.2) is 47.2 Å². The first-order chi connectivity index (χ1) is 9.13. The Morgan fingerprint density at radius 1 is 1.32 bits per heavy atom. The highest BCUT2D eigenvalue weighted by Gasteiger charge is 2.20. The highest BCUT2D eigenvalue weighted by atomic mass is 16.5. The Kier molecular flexibility index (Phi) is 4.22. The number of guanidine groups is 1. The van der Waals surface area contributed by atoms with Gasteiger partial charge in [-0.25, -0.2) is 5.43 Å². The van der Waals surface area contributed by atoms with Crippen LogP contribution in [0.3, 0.4) is 0 Å². The van der Waals surface area contributed by atoms with E-state index in [1.807, 2.05) is 18.0 Å². The van der Waals surface area contributed by atoms with Crippen molar-refractivity contribution in [1.82, 2.24) is 10.3 Å². The van der Waals surface area contributed by atoms with Crippen molar-refractivity contribution in [3.63, 3.8) is 0 Å². The number of ether oxygens (including phenoxy) is 1. The summed E-state index contributed by atoms with van der Waals surface area (Å²) in [7, 11) is 3.72. The fourth-order valence-corrected chi connectivity index (χ4v) is 2.11. The normalized spacial score (nSPS) is 17.3. The first kappa shape index (κ1) is 13.6. The van der Waals surface area contributed by atoms with E-state index in [-0.39, 0.29) is 6.10 Å². The SMILES string of the molecule is COC(C)/C(=C\N(C)C1=NN1)C(C)c1ccccc1. The first-order valence-electron chi connectivity index (χ1n) is 6.49. The Bertz CT molecular complexity index is 481. The minimum atomic E-state index is 0.0667. The monoisotopic (exact) mass is 259 g/mol. The van der Waals surface area contributed by atoms with Crippen LogP contribution in [0.5, 0.6) is 0 Å². The van der Waals surface area contributed by atoms with E-state index < -0.39 is 0 Å². The standard InChI is InChI=1S/C15H21N3O/c1-11(13-8-6-5-7-9-13)14(12(2)19-4)10-18(3)15-16-17-15/h5-12H,1-4H3,(H,16,17)/b14-10-. The van der Waals surface area contributed by atoms with Crippen molar-refractivity contribution in [2.45, 2.75) is 25.9 Å². The molecule has 2 unspecified atom stereocenters. The molecule has 0 bridgehead atoms. The largest absolute Gasteiger partial charge is 0.377 e. The fourth-order valence-electron chi connectivity index (χ4n) is 2.11. The Morgan fingerprint density at radius 2 is 1.95 bits per heavy atom. The summed E-state index contributed by atoms with van der Waals surface area (Å²) < 4.78 is 5.50. The number of nitrogens with one attached hydrogen (secondary N) is 1. The average molecular weight is 259 g/mol. The minimum Gasteiger partial charge on any atom is -0.377 e. The van der Waals surface area contributed by atoms with E-state index in [0.717, 1.165) is 5.96 Å². The van der Waals surface area contributed by atoms with Crippen LogP contribution in [0.25, 0.3) is 0 Å². The maximum Gasteiger partial charge on any atom is 0.241 e. The molecule has 1 aromatic rings. The molecule has 0 aliphatic carbocycles. The third-order valence-electron chi connectivity index (χ3n) is 3.51. The van der Waals surface area contributed by atoms with Gasteiger partial charge < -0.3 is 9.64 Å². The van der Waals surface area contributed by atoms with E-state index in [1.54, 1.807) is 7.11 Å². The molecule has 0 saturated carbocycles. The smallest absolute Gasteiger partial charge is 0.241 e. The number of hydrazone groups is 1. The zero-order valence-electron chi connectivity index (χ0n) is 11.9. The lowest BCUT2D eigenvalue weighted by Gasteiger charge is -2.23. The second-order valence-electron chi connectivity index (χ2n) is 4.80. The van der Waals surface area contributed by atoms with E-state index >= 15 is 0 Å². The predicted molar refractivity (Wildman–Crippen MR) is 77.7 cm³/mol. The van der Waals surface area contributed by atoms with Crippen LogP contribution in [0.2, 0.25) is 0 Å². The summed E-state index contributed by atoms with van der Waals surface area (Å²) in [5, 5.41) is 3.98. The molecule has 1 N–H and O–H groups in total. The zero-order chi connectivity index (χ0) is 13.8. The van der Waals surface area contributed by atoms with Gasteiger partial charge in [0.15, 0.2) is 0 Å². The van der Waals surface area contributed by atoms with Gasteiger partial charge in [0.2, 0.25) is 5.96 Å². The molecule has 19 heavy (non-hydrogen) atoms.